The molecule has 0 atom stereocenters. The predicted molar refractivity (Wildman–Crippen MR) is 96.2 cm³/mol. The van der Waals surface area contributed by atoms with Crippen molar-refractivity contribution in [2.45, 2.75) is 19.8 Å². The van der Waals surface area contributed by atoms with E-state index >= 15 is 0 Å². The smallest absolute Gasteiger partial charge is 0.270 e. The van der Waals surface area contributed by atoms with E-state index < -0.39 is 0 Å². The minimum Gasteiger partial charge on any atom is -0.351 e. The van der Waals surface area contributed by atoms with Crippen LogP contribution in [0.5, 0.6) is 0 Å². The first kappa shape index (κ1) is 16.9. The highest BCUT2D eigenvalue weighted by molar-refractivity contribution is 5.94. The maximum Gasteiger partial charge on any atom is 0.270 e. The molecule has 0 aliphatic carbocycles. The second-order valence-electron chi connectivity index (χ2n) is 5.75. The maximum absolute atomic E-state index is 14.1. The second kappa shape index (κ2) is 7.75. The molecule has 0 saturated heterocycles. The lowest BCUT2D eigenvalue weighted by Gasteiger charge is -2.07. The van der Waals surface area contributed by atoms with E-state index in [1.807, 2.05) is 30.3 Å². The molecule has 25 heavy (non-hydrogen) atoms. The van der Waals surface area contributed by atoms with E-state index in [-0.39, 0.29) is 11.7 Å². The average Bonchev–Trinajstić information content (AvgIpc) is 3.08. The van der Waals surface area contributed by atoms with E-state index in [4.69, 9.17) is 0 Å². The third-order valence-electron chi connectivity index (χ3n) is 3.91. The van der Waals surface area contributed by atoms with Crippen molar-refractivity contribution in [2.24, 2.45) is 0 Å². The van der Waals surface area contributed by atoms with Crippen molar-refractivity contribution in [1.82, 2.24) is 15.1 Å². The minimum atomic E-state index is -0.363. The van der Waals surface area contributed by atoms with Gasteiger partial charge < -0.3 is 5.32 Å². The van der Waals surface area contributed by atoms with Crippen molar-refractivity contribution >= 4 is 5.91 Å². The van der Waals surface area contributed by atoms with E-state index in [1.165, 1.54) is 6.07 Å². The Hall–Kier alpha value is -2.95. The number of nitrogens with zero attached hydrogens (tertiary/aromatic N) is 2. The van der Waals surface area contributed by atoms with Crippen molar-refractivity contribution in [3.63, 3.8) is 0 Å². The van der Waals surface area contributed by atoms with Crippen LogP contribution in [0.25, 0.3) is 16.9 Å². The predicted octanol–water partition coefficient (Wildman–Crippen LogP) is 4.21. The fourth-order valence-corrected chi connectivity index (χ4v) is 2.58. The summed E-state index contributed by atoms with van der Waals surface area (Å²) in [6.07, 6.45) is 1.91. The third-order valence-corrected chi connectivity index (χ3v) is 3.91. The molecule has 1 heterocycles. The molecule has 0 bridgehead atoms. The number of nitrogens with one attached hydrogen (secondary N) is 1. The van der Waals surface area contributed by atoms with Gasteiger partial charge >= 0.3 is 0 Å². The quantitative estimate of drug-likeness (QED) is 0.685. The van der Waals surface area contributed by atoms with Crippen LogP contribution in [0.3, 0.4) is 0 Å². The number of benzene rings is 2. The summed E-state index contributed by atoms with van der Waals surface area (Å²) in [4.78, 5) is 12.6. The summed E-state index contributed by atoms with van der Waals surface area (Å²) >= 11 is 0. The summed E-state index contributed by atoms with van der Waals surface area (Å²) in [6, 6.07) is 17.4. The third kappa shape index (κ3) is 3.76. The second-order valence-corrected chi connectivity index (χ2v) is 5.75. The molecule has 0 fully saturated rings. The van der Waals surface area contributed by atoms with Gasteiger partial charge in [-0.1, -0.05) is 43.7 Å². The van der Waals surface area contributed by atoms with Crippen LogP contribution in [0, 0.1) is 5.82 Å². The number of halogens is 1. The van der Waals surface area contributed by atoms with Crippen molar-refractivity contribution in [3.05, 3.63) is 72.2 Å². The zero-order valence-electron chi connectivity index (χ0n) is 14.1. The molecule has 3 aromatic rings. The highest BCUT2D eigenvalue weighted by Crippen LogP contribution is 2.24. The van der Waals surface area contributed by atoms with Crippen LogP contribution in [0.4, 0.5) is 4.39 Å². The van der Waals surface area contributed by atoms with E-state index in [0.717, 1.165) is 18.5 Å². The molecule has 128 valence electrons. The standard InChI is InChI=1S/C20H20FN3O/c1-2-3-13-22-20(25)19-14-18(16-11-7-8-12-17(16)21)23-24(19)15-9-5-4-6-10-15/h4-12,14H,2-3,13H2,1H3,(H,22,25). The van der Waals surface area contributed by atoms with Gasteiger partial charge in [0.05, 0.1) is 11.4 Å². The molecule has 4 nitrogen and oxygen atoms in total. The number of carbonyl (C=O) groups is 1. The van der Waals surface area contributed by atoms with Gasteiger partial charge in [-0.05, 0) is 36.8 Å². The van der Waals surface area contributed by atoms with E-state index in [1.54, 1.807) is 28.9 Å². The molecule has 0 spiro atoms. The van der Waals surface area contributed by atoms with E-state index in [0.29, 0.717) is 23.5 Å². The van der Waals surface area contributed by atoms with Crippen LogP contribution in [-0.4, -0.2) is 22.2 Å². The SMILES string of the molecule is CCCCNC(=O)c1cc(-c2ccccc2F)nn1-c1ccccc1. The van der Waals surface area contributed by atoms with Gasteiger partial charge in [-0.15, -0.1) is 0 Å². The van der Waals surface area contributed by atoms with E-state index in [2.05, 4.69) is 17.3 Å². The molecule has 3 rings (SSSR count). The van der Waals surface area contributed by atoms with Gasteiger partial charge in [-0.25, -0.2) is 9.07 Å². The molecule has 1 aromatic heterocycles. The number of amides is 1. The van der Waals surface area contributed by atoms with Gasteiger partial charge in [0.2, 0.25) is 0 Å². The monoisotopic (exact) mass is 337 g/mol. The molecule has 0 aliphatic rings. The van der Waals surface area contributed by atoms with Gasteiger partial charge in [-0.3, -0.25) is 4.79 Å². The van der Waals surface area contributed by atoms with Gasteiger partial charge in [0.15, 0.2) is 0 Å². The lowest BCUT2D eigenvalue weighted by Crippen LogP contribution is -2.26. The highest BCUT2D eigenvalue weighted by atomic mass is 19.1. The van der Waals surface area contributed by atoms with Gasteiger partial charge in [-0.2, -0.15) is 5.10 Å². The van der Waals surface area contributed by atoms with Crippen molar-refractivity contribution in [2.75, 3.05) is 6.54 Å². The zero-order valence-corrected chi connectivity index (χ0v) is 14.1. The zero-order chi connectivity index (χ0) is 17.6. The molecular weight excluding hydrogens is 317 g/mol. The Bertz CT molecular complexity index is 858. The number of unbranched alkanes of at least 4 members (excludes halogenated alkanes) is 1. The van der Waals surface area contributed by atoms with Crippen molar-refractivity contribution < 1.29 is 9.18 Å². The number of hydrogen-bond acceptors (Lipinski definition) is 2. The molecule has 0 aliphatic heterocycles. The summed E-state index contributed by atoms with van der Waals surface area (Å²) < 4.78 is 15.7. The van der Waals surface area contributed by atoms with Crippen LogP contribution in [0.2, 0.25) is 0 Å². The Balaban J connectivity index is 2.03. The van der Waals surface area contributed by atoms with Crippen molar-refractivity contribution in [3.8, 4) is 16.9 Å². The van der Waals surface area contributed by atoms with Gasteiger partial charge in [0.1, 0.15) is 11.5 Å². The maximum atomic E-state index is 14.1. The molecule has 5 heteroatoms. The van der Waals surface area contributed by atoms with Gasteiger partial charge in [0.25, 0.3) is 5.91 Å². The Labute approximate surface area is 146 Å². The molecule has 0 radical (unpaired) electrons. The Kier molecular flexibility index (Phi) is 5.23. The number of para-hydroxylation sites is 1. The topological polar surface area (TPSA) is 46.9 Å². The normalized spacial score (nSPS) is 10.6. The van der Waals surface area contributed by atoms with Gasteiger partial charge in [0, 0.05) is 12.1 Å². The number of aromatic nitrogens is 2. The lowest BCUT2D eigenvalue weighted by atomic mass is 10.1. The summed E-state index contributed by atoms with van der Waals surface area (Å²) in [6.45, 7) is 2.67. The molecule has 1 amide bonds. The van der Waals surface area contributed by atoms with Crippen LogP contribution in [-0.2, 0) is 0 Å². The minimum absolute atomic E-state index is 0.215. The average molecular weight is 337 g/mol. The summed E-state index contributed by atoms with van der Waals surface area (Å²) in [5.41, 5.74) is 1.95. The molecule has 0 saturated carbocycles. The fourth-order valence-electron chi connectivity index (χ4n) is 2.58. The lowest BCUT2D eigenvalue weighted by molar-refractivity contribution is 0.0945. The Morgan fingerprint density at radius 2 is 1.84 bits per heavy atom. The fraction of sp³-hybridized carbons (Fsp3) is 0.200. The number of rotatable bonds is 6. The van der Waals surface area contributed by atoms with E-state index in [9.17, 15) is 9.18 Å². The first-order chi connectivity index (χ1) is 12.2. The van der Waals surface area contributed by atoms with Crippen LogP contribution in [0.15, 0.2) is 60.7 Å². The summed E-state index contributed by atoms with van der Waals surface area (Å²) in [7, 11) is 0. The first-order valence-electron chi connectivity index (χ1n) is 8.39. The molecule has 1 N–H and O–H groups in total. The molecule has 0 unspecified atom stereocenters. The Morgan fingerprint density at radius 3 is 2.56 bits per heavy atom. The van der Waals surface area contributed by atoms with Crippen molar-refractivity contribution in [1.29, 1.82) is 0 Å². The Morgan fingerprint density at radius 1 is 1.12 bits per heavy atom. The number of hydrogen-bond donors (Lipinski definition) is 1. The first-order valence-corrected chi connectivity index (χ1v) is 8.39. The van der Waals surface area contributed by atoms with Crippen LogP contribution in [0.1, 0.15) is 30.3 Å². The summed E-state index contributed by atoms with van der Waals surface area (Å²) in [5, 5.41) is 7.37. The largest absolute Gasteiger partial charge is 0.351 e. The number of carbonyl (C=O) groups excluding carboxylic acids is 1. The molecular formula is C20H20FN3O. The van der Waals surface area contributed by atoms with Crippen LogP contribution < -0.4 is 5.32 Å². The van der Waals surface area contributed by atoms with Crippen LogP contribution >= 0.6 is 0 Å². The highest BCUT2D eigenvalue weighted by Gasteiger charge is 2.18. The molecule has 2 aromatic carbocycles. The summed E-state index contributed by atoms with van der Waals surface area (Å²) in [5.74, 6) is -0.578.